The zero-order valence-corrected chi connectivity index (χ0v) is 14.6. The highest BCUT2D eigenvalue weighted by Crippen LogP contribution is 2.37. The average molecular weight is 335 g/mol. The van der Waals surface area contributed by atoms with Crippen molar-refractivity contribution in [1.82, 2.24) is 10.2 Å². The summed E-state index contributed by atoms with van der Waals surface area (Å²) in [6, 6.07) is 6.67. The molecule has 1 N–H and O–H groups in total. The molecule has 1 amide bonds. The lowest BCUT2D eigenvalue weighted by molar-refractivity contribution is -0.132. The number of carbonyl (C=O) groups excluding carboxylic acids is 1. The van der Waals surface area contributed by atoms with Crippen LogP contribution in [-0.2, 0) is 24.1 Å². The van der Waals surface area contributed by atoms with E-state index in [2.05, 4.69) is 28.4 Å². The van der Waals surface area contributed by atoms with Gasteiger partial charge in [-0.15, -0.1) is 12.4 Å². The summed E-state index contributed by atoms with van der Waals surface area (Å²) in [6.45, 7) is 4.21. The molecular formula is C19H27ClN2O. The maximum atomic E-state index is 12.6. The molecule has 3 nitrogen and oxygen atoms in total. The molecular weight excluding hydrogens is 308 g/mol. The fourth-order valence-electron chi connectivity index (χ4n) is 4.47. The van der Waals surface area contributed by atoms with Gasteiger partial charge < -0.3 is 10.2 Å². The molecule has 3 aliphatic rings. The number of hydrogen-bond donors (Lipinski definition) is 1. The Morgan fingerprint density at radius 1 is 1.13 bits per heavy atom. The van der Waals surface area contributed by atoms with Crippen molar-refractivity contribution in [3.05, 3.63) is 34.9 Å². The lowest BCUT2D eigenvalue weighted by Gasteiger charge is -2.39. The van der Waals surface area contributed by atoms with Crippen molar-refractivity contribution >= 4 is 18.3 Å². The molecule has 126 valence electrons. The molecule has 4 heteroatoms. The Bertz CT molecular complexity index is 571. The van der Waals surface area contributed by atoms with Gasteiger partial charge in [0, 0.05) is 19.6 Å². The van der Waals surface area contributed by atoms with E-state index < -0.39 is 0 Å². The first kappa shape index (κ1) is 16.8. The summed E-state index contributed by atoms with van der Waals surface area (Å²) in [6.07, 6.45) is 7.90. The SMILES string of the molecule is Cl.O=C(Cc1ccc2c(c1)CCC2)N1CCC2(CCNC2)CC1. The molecule has 2 aliphatic heterocycles. The van der Waals surface area contributed by atoms with E-state index in [1.165, 1.54) is 55.2 Å². The number of benzene rings is 1. The van der Waals surface area contributed by atoms with Crippen LogP contribution in [0.2, 0.25) is 0 Å². The van der Waals surface area contributed by atoms with Gasteiger partial charge in [-0.2, -0.15) is 0 Å². The lowest BCUT2D eigenvalue weighted by atomic mass is 9.78. The minimum absolute atomic E-state index is 0. The number of aryl methyl sites for hydroxylation is 2. The highest BCUT2D eigenvalue weighted by molar-refractivity contribution is 5.85. The van der Waals surface area contributed by atoms with Gasteiger partial charge in [-0.25, -0.2) is 0 Å². The van der Waals surface area contributed by atoms with Gasteiger partial charge in [-0.1, -0.05) is 18.2 Å². The number of nitrogens with zero attached hydrogens (tertiary/aromatic N) is 1. The van der Waals surface area contributed by atoms with Crippen LogP contribution >= 0.6 is 12.4 Å². The molecule has 0 saturated carbocycles. The van der Waals surface area contributed by atoms with E-state index in [0.29, 0.717) is 17.7 Å². The molecule has 2 saturated heterocycles. The number of rotatable bonds is 2. The average Bonchev–Trinajstić information content (AvgIpc) is 3.17. The van der Waals surface area contributed by atoms with Crippen molar-refractivity contribution in [2.24, 2.45) is 5.41 Å². The van der Waals surface area contributed by atoms with Gasteiger partial charge in [0.25, 0.3) is 0 Å². The Hall–Kier alpha value is -1.06. The summed E-state index contributed by atoms with van der Waals surface area (Å²) in [5, 5.41) is 3.49. The quantitative estimate of drug-likeness (QED) is 0.902. The summed E-state index contributed by atoms with van der Waals surface area (Å²) in [4.78, 5) is 14.7. The highest BCUT2D eigenvalue weighted by atomic mass is 35.5. The Morgan fingerprint density at radius 3 is 2.65 bits per heavy atom. The molecule has 1 aromatic carbocycles. The van der Waals surface area contributed by atoms with Crippen LogP contribution in [0.15, 0.2) is 18.2 Å². The minimum Gasteiger partial charge on any atom is -0.342 e. The maximum absolute atomic E-state index is 12.6. The van der Waals surface area contributed by atoms with Crippen LogP contribution in [0.1, 0.15) is 42.4 Å². The number of hydrogen-bond acceptors (Lipinski definition) is 2. The van der Waals surface area contributed by atoms with Crippen molar-refractivity contribution in [3.8, 4) is 0 Å². The number of piperidine rings is 1. The number of halogens is 1. The van der Waals surface area contributed by atoms with Crippen molar-refractivity contribution in [3.63, 3.8) is 0 Å². The summed E-state index contributed by atoms with van der Waals surface area (Å²) >= 11 is 0. The summed E-state index contributed by atoms with van der Waals surface area (Å²) < 4.78 is 0. The van der Waals surface area contributed by atoms with Crippen LogP contribution in [0.3, 0.4) is 0 Å². The van der Waals surface area contributed by atoms with Gasteiger partial charge in [-0.05, 0) is 67.2 Å². The largest absolute Gasteiger partial charge is 0.342 e. The molecule has 0 atom stereocenters. The van der Waals surface area contributed by atoms with Crippen LogP contribution in [0.5, 0.6) is 0 Å². The molecule has 2 fully saturated rings. The van der Waals surface area contributed by atoms with E-state index in [0.717, 1.165) is 26.2 Å². The van der Waals surface area contributed by atoms with E-state index in [9.17, 15) is 4.79 Å². The topological polar surface area (TPSA) is 32.3 Å². The first-order valence-corrected chi connectivity index (χ1v) is 8.83. The summed E-state index contributed by atoms with van der Waals surface area (Å²) in [5.74, 6) is 0.318. The first-order chi connectivity index (χ1) is 10.7. The molecule has 2 heterocycles. The fourth-order valence-corrected chi connectivity index (χ4v) is 4.47. The minimum atomic E-state index is 0. The maximum Gasteiger partial charge on any atom is 0.226 e. The summed E-state index contributed by atoms with van der Waals surface area (Å²) in [7, 11) is 0. The molecule has 0 radical (unpaired) electrons. The molecule has 1 aliphatic carbocycles. The van der Waals surface area contributed by atoms with Gasteiger partial charge in [0.05, 0.1) is 6.42 Å². The number of nitrogens with one attached hydrogen (secondary N) is 1. The molecule has 1 aromatic rings. The van der Waals surface area contributed by atoms with Crippen LogP contribution < -0.4 is 5.32 Å². The van der Waals surface area contributed by atoms with Gasteiger partial charge in [-0.3, -0.25) is 4.79 Å². The van der Waals surface area contributed by atoms with Gasteiger partial charge in [0.2, 0.25) is 5.91 Å². The third-order valence-electron chi connectivity index (χ3n) is 6.03. The predicted molar refractivity (Wildman–Crippen MR) is 95.2 cm³/mol. The third kappa shape index (κ3) is 3.41. The van der Waals surface area contributed by atoms with E-state index >= 15 is 0 Å². The molecule has 4 rings (SSSR count). The molecule has 23 heavy (non-hydrogen) atoms. The van der Waals surface area contributed by atoms with Gasteiger partial charge in [0.15, 0.2) is 0 Å². The molecule has 0 aromatic heterocycles. The number of amides is 1. The van der Waals surface area contributed by atoms with Crippen molar-refractivity contribution in [1.29, 1.82) is 0 Å². The Balaban J connectivity index is 0.00000156. The first-order valence-electron chi connectivity index (χ1n) is 8.83. The second kappa shape index (κ2) is 6.82. The van der Waals surface area contributed by atoms with E-state index in [1.807, 2.05) is 0 Å². The van der Waals surface area contributed by atoms with Crippen LogP contribution in [0.4, 0.5) is 0 Å². The molecule has 1 spiro atoms. The number of carbonyl (C=O) groups is 1. The van der Waals surface area contributed by atoms with Crippen LogP contribution in [0.25, 0.3) is 0 Å². The van der Waals surface area contributed by atoms with Crippen molar-refractivity contribution in [2.45, 2.75) is 44.9 Å². The third-order valence-corrected chi connectivity index (χ3v) is 6.03. The second-order valence-electron chi connectivity index (χ2n) is 7.44. The number of fused-ring (bicyclic) bond motifs is 1. The fraction of sp³-hybridized carbons (Fsp3) is 0.632. The van der Waals surface area contributed by atoms with E-state index in [1.54, 1.807) is 0 Å². The Labute approximate surface area is 145 Å². The van der Waals surface area contributed by atoms with Crippen LogP contribution in [-0.4, -0.2) is 37.0 Å². The van der Waals surface area contributed by atoms with Crippen molar-refractivity contribution < 1.29 is 4.79 Å². The zero-order chi connectivity index (χ0) is 15.0. The zero-order valence-electron chi connectivity index (χ0n) is 13.8. The molecule has 0 unspecified atom stereocenters. The monoisotopic (exact) mass is 334 g/mol. The second-order valence-corrected chi connectivity index (χ2v) is 7.44. The molecule has 0 bridgehead atoms. The normalized spacial score (nSPS) is 22.0. The number of likely N-dealkylation sites (tertiary alicyclic amines) is 1. The summed E-state index contributed by atoms with van der Waals surface area (Å²) in [5.41, 5.74) is 4.66. The predicted octanol–water partition coefficient (Wildman–Crippen LogP) is 2.74. The van der Waals surface area contributed by atoms with Crippen LogP contribution in [0, 0.1) is 5.41 Å². The standard InChI is InChI=1S/C19H26N2O.ClH/c22-18(13-15-4-5-16-2-1-3-17(16)12-15)21-10-7-19(8-11-21)6-9-20-14-19;/h4-5,12,20H,1-3,6-11,13-14H2;1H. The smallest absolute Gasteiger partial charge is 0.226 e. The van der Waals surface area contributed by atoms with E-state index in [-0.39, 0.29) is 12.4 Å². The Morgan fingerprint density at radius 2 is 1.91 bits per heavy atom. The Kier molecular flexibility index (Phi) is 4.98. The van der Waals surface area contributed by atoms with Gasteiger partial charge >= 0.3 is 0 Å². The lowest BCUT2D eigenvalue weighted by Crippen LogP contribution is -2.44. The highest BCUT2D eigenvalue weighted by Gasteiger charge is 2.37. The van der Waals surface area contributed by atoms with Crippen molar-refractivity contribution in [2.75, 3.05) is 26.2 Å². The van der Waals surface area contributed by atoms with Gasteiger partial charge in [0.1, 0.15) is 0 Å². The van der Waals surface area contributed by atoms with E-state index in [4.69, 9.17) is 0 Å².